The van der Waals surface area contributed by atoms with E-state index in [2.05, 4.69) is 25.0 Å². The fourth-order valence-electron chi connectivity index (χ4n) is 1.97. The lowest BCUT2D eigenvalue weighted by Gasteiger charge is -2.09. The lowest BCUT2D eigenvalue weighted by molar-refractivity contribution is 0.292. The molecule has 1 heterocycles. The Hall–Kier alpha value is -1.19. The highest BCUT2D eigenvalue weighted by molar-refractivity contribution is 6.32. The number of hydrogen-bond acceptors (Lipinski definition) is 2. The van der Waals surface area contributed by atoms with E-state index >= 15 is 0 Å². The zero-order valence-electron chi connectivity index (χ0n) is 11.7. The van der Waals surface area contributed by atoms with Crippen LogP contribution in [-0.4, -0.2) is 9.78 Å². The Labute approximate surface area is 129 Å². The fraction of sp³-hybridized carbons (Fsp3) is 0.400. The van der Waals surface area contributed by atoms with Gasteiger partial charge in [0.25, 0.3) is 0 Å². The van der Waals surface area contributed by atoms with Crippen molar-refractivity contribution in [1.82, 2.24) is 9.78 Å². The Morgan fingerprint density at radius 1 is 1.25 bits per heavy atom. The Balaban J connectivity index is 2.10. The van der Waals surface area contributed by atoms with Gasteiger partial charge in [-0.15, -0.1) is 11.6 Å². The molecule has 0 aliphatic heterocycles. The summed E-state index contributed by atoms with van der Waals surface area (Å²) in [4.78, 5) is 0. The maximum absolute atomic E-state index is 6.17. The first-order valence-corrected chi connectivity index (χ1v) is 7.62. The SMILES string of the molecule is CCc1cc(COc2ccc(CCl)cc2Cl)n(CC)n1. The van der Waals surface area contributed by atoms with Crippen LogP contribution in [0.1, 0.15) is 30.8 Å². The molecule has 2 aromatic rings. The molecule has 0 bridgehead atoms. The Morgan fingerprint density at radius 2 is 2.05 bits per heavy atom. The number of hydrogen-bond donors (Lipinski definition) is 0. The van der Waals surface area contributed by atoms with E-state index in [1.807, 2.05) is 22.9 Å². The molecule has 3 nitrogen and oxygen atoms in total. The van der Waals surface area contributed by atoms with Crippen LogP contribution < -0.4 is 4.74 Å². The van der Waals surface area contributed by atoms with Crippen molar-refractivity contribution in [2.24, 2.45) is 0 Å². The highest BCUT2D eigenvalue weighted by atomic mass is 35.5. The maximum Gasteiger partial charge on any atom is 0.138 e. The highest BCUT2D eigenvalue weighted by Gasteiger charge is 2.08. The van der Waals surface area contributed by atoms with Crippen molar-refractivity contribution < 1.29 is 4.74 Å². The van der Waals surface area contributed by atoms with Crippen LogP contribution >= 0.6 is 23.2 Å². The zero-order chi connectivity index (χ0) is 14.5. The van der Waals surface area contributed by atoms with Gasteiger partial charge in [0.05, 0.1) is 16.4 Å². The van der Waals surface area contributed by atoms with Crippen LogP contribution in [0.4, 0.5) is 0 Å². The minimum Gasteiger partial charge on any atom is -0.486 e. The number of aryl methyl sites for hydroxylation is 2. The van der Waals surface area contributed by atoms with Gasteiger partial charge in [-0.3, -0.25) is 4.68 Å². The van der Waals surface area contributed by atoms with Crippen LogP contribution in [-0.2, 0) is 25.5 Å². The minimum absolute atomic E-state index is 0.447. The topological polar surface area (TPSA) is 27.1 Å². The number of ether oxygens (including phenoxy) is 1. The maximum atomic E-state index is 6.17. The lowest BCUT2D eigenvalue weighted by Crippen LogP contribution is -2.06. The summed E-state index contributed by atoms with van der Waals surface area (Å²) in [5, 5.41) is 5.08. The third-order valence-corrected chi connectivity index (χ3v) is 3.71. The lowest BCUT2D eigenvalue weighted by atomic mass is 10.2. The van der Waals surface area contributed by atoms with Gasteiger partial charge in [-0.2, -0.15) is 5.10 Å². The van der Waals surface area contributed by atoms with Crippen molar-refractivity contribution in [2.45, 2.75) is 39.3 Å². The number of halogens is 2. The Bertz CT molecular complexity index is 581. The van der Waals surface area contributed by atoms with Crippen molar-refractivity contribution in [3.63, 3.8) is 0 Å². The smallest absolute Gasteiger partial charge is 0.138 e. The molecule has 0 aliphatic rings. The number of aromatic nitrogens is 2. The van der Waals surface area contributed by atoms with Crippen molar-refractivity contribution in [3.8, 4) is 5.75 Å². The van der Waals surface area contributed by atoms with Gasteiger partial charge in [-0.05, 0) is 37.1 Å². The molecular weight excluding hydrogens is 295 g/mol. The van der Waals surface area contributed by atoms with E-state index in [1.165, 1.54) is 0 Å². The molecule has 1 aromatic heterocycles. The Kier molecular flexibility index (Phi) is 5.32. The highest BCUT2D eigenvalue weighted by Crippen LogP contribution is 2.27. The normalized spacial score (nSPS) is 10.8. The van der Waals surface area contributed by atoms with Crippen molar-refractivity contribution in [2.75, 3.05) is 0 Å². The van der Waals surface area contributed by atoms with E-state index in [0.717, 1.165) is 29.9 Å². The van der Waals surface area contributed by atoms with E-state index in [1.54, 1.807) is 0 Å². The van der Waals surface area contributed by atoms with Gasteiger partial charge in [-0.1, -0.05) is 24.6 Å². The molecular formula is C15H18Cl2N2O. The van der Waals surface area contributed by atoms with E-state index in [-0.39, 0.29) is 0 Å². The summed E-state index contributed by atoms with van der Waals surface area (Å²) in [5.74, 6) is 1.12. The fourth-order valence-corrected chi connectivity index (χ4v) is 2.40. The standard InChI is InChI=1S/C15H18Cl2N2O/c1-3-12-8-13(19(4-2)18-12)10-20-15-6-5-11(9-16)7-14(15)17/h5-8H,3-4,9-10H2,1-2H3. The van der Waals surface area contributed by atoms with Crippen LogP contribution in [0.2, 0.25) is 5.02 Å². The second-order valence-electron chi connectivity index (χ2n) is 4.48. The monoisotopic (exact) mass is 312 g/mol. The largest absolute Gasteiger partial charge is 0.486 e. The molecule has 1 aromatic carbocycles. The summed E-state index contributed by atoms with van der Waals surface area (Å²) in [6.07, 6.45) is 0.922. The molecule has 5 heteroatoms. The number of nitrogens with zero attached hydrogens (tertiary/aromatic N) is 2. The van der Waals surface area contributed by atoms with Gasteiger partial charge in [0.15, 0.2) is 0 Å². The first kappa shape index (κ1) is 15.2. The van der Waals surface area contributed by atoms with E-state index in [4.69, 9.17) is 27.9 Å². The first-order chi connectivity index (χ1) is 9.67. The van der Waals surface area contributed by atoms with Gasteiger partial charge in [0.2, 0.25) is 0 Å². The number of benzene rings is 1. The molecule has 20 heavy (non-hydrogen) atoms. The summed E-state index contributed by atoms with van der Waals surface area (Å²) in [5.41, 5.74) is 3.12. The minimum atomic E-state index is 0.447. The molecule has 0 radical (unpaired) electrons. The molecule has 0 atom stereocenters. The average molecular weight is 313 g/mol. The van der Waals surface area contributed by atoms with Gasteiger partial charge < -0.3 is 4.74 Å². The van der Waals surface area contributed by atoms with Crippen LogP contribution in [0.3, 0.4) is 0 Å². The van der Waals surface area contributed by atoms with Gasteiger partial charge >= 0.3 is 0 Å². The summed E-state index contributed by atoms with van der Waals surface area (Å²) < 4.78 is 7.75. The molecule has 0 aliphatic carbocycles. The first-order valence-electron chi connectivity index (χ1n) is 6.70. The molecule has 0 saturated carbocycles. The summed E-state index contributed by atoms with van der Waals surface area (Å²) in [6, 6.07) is 7.68. The van der Waals surface area contributed by atoms with Crippen LogP contribution in [0.15, 0.2) is 24.3 Å². The molecule has 108 valence electrons. The van der Waals surface area contributed by atoms with Crippen LogP contribution in [0.25, 0.3) is 0 Å². The molecule has 0 amide bonds. The van der Waals surface area contributed by atoms with Crippen molar-refractivity contribution in [1.29, 1.82) is 0 Å². The van der Waals surface area contributed by atoms with E-state index < -0.39 is 0 Å². The third kappa shape index (κ3) is 3.47. The average Bonchev–Trinajstić information content (AvgIpc) is 2.88. The number of rotatable bonds is 6. The third-order valence-electron chi connectivity index (χ3n) is 3.10. The van der Waals surface area contributed by atoms with Gasteiger partial charge in [-0.25, -0.2) is 0 Å². The van der Waals surface area contributed by atoms with Gasteiger partial charge in [0.1, 0.15) is 12.4 Å². The summed E-state index contributed by atoms with van der Waals surface area (Å²) in [7, 11) is 0. The number of alkyl halides is 1. The van der Waals surface area contributed by atoms with Crippen molar-refractivity contribution in [3.05, 3.63) is 46.2 Å². The molecule has 0 unspecified atom stereocenters. The van der Waals surface area contributed by atoms with Crippen molar-refractivity contribution >= 4 is 23.2 Å². The molecule has 2 rings (SSSR count). The predicted octanol–water partition coefficient (Wildman–Crippen LogP) is 4.44. The molecule has 0 saturated heterocycles. The molecule has 0 spiro atoms. The summed E-state index contributed by atoms with van der Waals surface area (Å²) in [6.45, 7) is 5.45. The predicted molar refractivity (Wildman–Crippen MR) is 82.6 cm³/mol. The molecule has 0 fully saturated rings. The zero-order valence-corrected chi connectivity index (χ0v) is 13.2. The van der Waals surface area contributed by atoms with Crippen LogP contribution in [0.5, 0.6) is 5.75 Å². The van der Waals surface area contributed by atoms with Crippen LogP contribution in [0, 0.1) is 0 Å². The quantitative estimate of drug-likeness (QED) is 0.737. The second kappa shape index (κ2) is 7.00. The molecule has 0 N–H and O–H groups in total. The summed E-state index contributed by atoms with van der Waals surface area (Å²) >= 11 is 11.9. The van der Waals surface area contributed by atoms with Gasteiger partial charge in [0, 0.05) is 12.4 Å². The van der Waals surface area contributed by atoms with E-state index in [9.17, 15) is 0 Å². The Morgan fingerprint density at radius 3 is 2.65 bits per heavy atom. The van der Waals surface area contributed by atoms with E-state index in [0.29, 0.717) is 23.3 Å². The second-order valence-corrected chi connectivity index (χ2v) is 5.16.